The average Bonchev–Trinajstić information content (AvgIpc) is 2.40. The quantitative estimate of drug-likeness (QED) is 0.681. The van der Waals surface area contributed by atoms with Crippen molar-refractivity contribution in [2.24, 2.45) is 0 Å². The minimum absolute atomic E-state index is 0.114. The van der Waals surface area contributed by atoms with E-state index in [1.54, 1.807) is 18.2 Å². The number of amides is 1. The molecule has 1 aromatic rings. The maximum Gasteiger partial charge on any atom is 0.233 e. The molecule has 1 saturated heterocycles. The molecule has 1 amide bonds. The number of rotatable bonds is 3. The van der Waals surface area contributed by atoms with Gasteiger partial charge in [-0.1, -0.05) is 11.6 Å². The number of halogens is 1. The molecule has 1 heterocycles. The molecule has 6 heteroatoms. The molecule has 1 aliphatic rings. The molecular weight excluding hydrogens is 272 g/mol. The van der Waals surface area contributed by atoms with Gasteiger partial charge in [0.1, 0.15) is 0 Å². The Labute approximate surface area is 115 Å². The fourth-order valence-electron chi connectivity index (χ4n) is 1.68. The molecule has 0 unspecified atom stereocenters. The van der Waals surface area contributed by atoms with Crippen LogP contribution in [0.2, 0.25) is 5.02 Å². The summed E-state index contributed by atoms with van der Waals surface area (Å²) in [6.07, 6.45) is 0. The van der Waals surface area contributed by atoms with Crippen LogP contribution in [0.1, 0.15) is 0 Å². The molecule has 0 aliphatic carbocycles. The second kappa shape index (κ2) is 6.31. The van der Waals surface area contributed by atoms with Crippen LogP contribution in [0.5, 0.6) is 0 Å². The molecule has 18 heavy (non-hydrogen) atoms. The highest BCUT2D eigenvalue weighted by atomic mass is 35.5. The van der Waals surface area contributed by atoms with Crippen LogP contribution in [0.4, 0.5) is 5.69 Å². The Kier molecular flexibility index (Phi) is 4.74. The molecule has 4 nitrogen and oxygen atoms in total. The van der Waals surface area contributed by atoms with E-state index in [2.05, 4.69) is 0 Å². The Morgan fingerprint density at radius 3 is 2.89 bits per heavy atom. The number of anilines is 1. The molecule has 2 N–H and O–H groups in total. The summed E-state index contributed by atoms with van der Waals surface area (Å²) >= 11 is 7.32. The van der Waals surface area contributed by atoms with Crippen molar-refractivity contribution in [2.75, 3.05) is 37.8 Å². The first-order valence-corrected chi connectivity index (χ1v) is 7.06. The highest BCUT2D eigenvalue weighted by molar-refractivity contribution is 8.00. The average molecular weight is 287 g/mol. The second-order valence-electron chi connectivity index (χ2n) is 3.96. The number of carbonyl (C=O) groups excluding carboxylic acids is 1. The van der Waals surface area contributed by atoms with Gasteiger partial charge in [0, 0.05) is 28.7 Å². The van der Waals surface area contributed by atoms with Gasteiger partial charge in [-0.05, 0) is 18.2 Å². The molecule has 0 radical (unpaired) electrons. The second-order valence-corrected chi connectivity index (χ2v) is 5.42. The highest BCUT2D eigenvalue weighted by Gasteiger charge is 2.17. The number of morpholine rings is 1. The number of benzene rings is 1. The van der Waals surface area contributed by atoms with Gasteiger partial charge >= 0.3 is 0 Å². The number of ether oxygens (including phenoxy) is 1. The number of hydrogen-bond donors (Lipinski definition) is 1. The number of nitrogens with two attached hydrogens (primary N) is 1. The monoisotopic (exact) mass is 286 g/mol. The third-order valence-electron chi connectivity index (χ3n) is 2.69. The summed E-state index contributed by atoms with van der Waals surface area (Å²) in [5.41, 5.74) is 6.48. The zero-order valence-electron chi connectivity index (χ0n) is 9.89. The Morgan fingerprint density at radius 2 is 2.17 bits per heavy atom. The van der Waals surface area contributed by atoms with Crippen molar-refractivity contribution in [1.82, 2.24) is 4.90 Å². The van der Waals surface area contributed by atoms with E-state index >= 15 is 0 Å². The SMILES string of the molecule is Nc1ccc(Cl)cc1SCC(=O)N1CCOCC1. The Hall–Kier alpha value is -0.910. The lowest BCUT2D eigenvalue weighted by Gasteiger charge is -2.26. The van der Waals surface area contributed by atoms with Crippen molar-refractivity contribution in [3.8, 4) is 0 Å². The lowest BCUT2D eigenvalue weighted by atomic mass is 10.3. The predicted octanol–water partition coefficient (Wildman–Crippen LogP) is 1.87. The van der Waals surface area contributed by atoms with Gasteiger partial charge in [-0.2, -0.15) is 0 Å². The van der Waals surface area contributed by atoms with Crippen LogP contribution in [0.3, 0.4) is 0 Å². The Bertz CT molecular complexity index is 436. The topological polar surface area (TPSA) is 55.6 Å². The van der Waals surface area contributed by atoms with Crippen LogP contribution in [0.25, 0.3) is 0 Å². The van der Waals surface area contributed by atoms with E-state index in [0.29, 0.717) is 42.8 Å². The first kappa shape index (κ1) is 13.5. The predicted molar refractivity (Wildman–Crippen MR) is 74.0 cm³/mol. The minimum atomic E-state index is 0.114. The third-order valence-corrected chi connectivity index (χ3v) is 3.98. The maximum absolute atomic E-state index is 11.9. The molecule has 0 atom stereocenters. The van der Waals surface area contributed by atoms with Crippen LogP contribution < -0.4 is 5.73 Å². The van der Waals surface area contributed by atoms with E-state index in [9.17, 15) is 4.79 Å². The summed E-state index contributed by atoms with van der Waals surface area (Å²) < 4.78 is 5.21. The first-order valence-electron chi connectivity index (χ1n) is 5.70. The lowest BCUT2D eigenvalue weighted by molar-refractivity contribution is -0.132. The van der Waals surface area contributed by atoms with Crippen LogP contribution in [-0.2, 0) is 9.53 Å². The molecule has 1 aliphatic heterocycles. The summed E-state index contributed by atoms with van der Waals surface area (Å²) in [6.45, 7) is 2.58. The normalized spacial score (nSPS) is 15.7. The fraction of sp³-hybridized carbons (Fsp3) is 0.417. The van der Waals surface area contributed by atoms with E-state index in [1.165, 1.54) is 11.8 Å². The summed E-state index contributed by atoms with van der Waals surface area (Å²) in [5, 5.41) is 0.630. The summed E-state index contributed by atoms with van der Waals surface area (Å²) in [7, 11) is 0. The van der Waals surface area contributed by atoms with E-state index in [1.807, 2.05) is 4.90 Å². The zero-order valence-corrected chi connectivity index (χ0v) is 11.5. The largest absolute Gasteiger partial charge is 0.398 e. The number of hydrogen-bond acceptors (Lipinski definition) is 4. The van der Waals surface area contributed by atoms with E-state index in [-0.39, 0.29) is 5.91 Å². The molecule has 1 fully saturated rings. The molecule has 1 aromatic carbocycles. The maximum atomic E-state index is 11.9. The highest BCUT2D eigenvalue weighted by Crippen LogP contribution is 2.28. The summed E-state index contributed by atoms with van der Waals surface area (Å²) in [5.74, 6) is 0.493. The van der Waals surface area contributed by atoms with Gasteiger partial charge in [-0.25, -0.2) is 0 Å². The van der Waals surface area contributed by atoms with Gasteiger partial charge in [0.2, 0.25) is 5.91 Å². The standard InChI is InChI=1S/C12H15ClN2O2S/c13-9-1-2-10(14)11(7-9)18-8-12(16)15-3-5-17-6-4-15/h1-2,7H,3-6,8,14H2. The number of nitrogens with zero attached hydrogens (tertiary/aromatic N) is 1. The van der Waals surface area contributed by atoms with Crippen molar-refractivity contribution in [3.05, 3.63) is 23.2 Å². The van der Waals surface area contributed by atoms with Crippen molar-refractivity contribution in [1.29, 1.82) is 0 Å². The smallest absolute Gasteiger partial charge is 0.233 e. The van der Waals surface area contributed by atoms with Crippen molar-refractivity contribution in [3.63, 3.8) is 0 Å². The van der Waals surface area contributed by atoms with Crippen LogP contribution >= 0.6 is 23.4 Å². The molecule has 2 rings (SSSR count). The van der Waals surface area contributed by atoms with Gasteiger partial charge < -0.3 is 15.4 Å². The van der Waals surface area contributed by atoms with Gasteiger partial charge in [0.05, 0.1) is 19.0 Å². The molecular formula is C12H15ClN2O2S. The number of thioether (sulfide) groups is 1. The van der Waals surface area contributed by atoms with E-state index in [4.69, 9.17) is 22.1 Å². The first-order chi connectivity index (χ1) is 8.66. The minimum Gasteiger partial charge on any atom is -0.398 e. The van der Waals surface area contributed by atoms with Gasteiger partial charge in [0.25, 0.3) is 0 Å². The van der Waals surface area contributed by atoms with Gasteiger partial charge in [-0.15, -0.1) is 11.8 Å². The van der Waals surface area contributed by atoms with Crippen LogP contribution in [0, 0.1) is 0 Å². The van der Waals surface area contributed by atoms with E-state index < -0.39 is 0 Å². The summed E-state index contributed by atoms with van der Waals surface area (Å²) in [4.78, 5) is 14.6. The van der Waals surface area contributed by atoms with Crippen molar-refractivity contribution in [2.45, 2.75) is 4.90 Å². The molecule has 0 bridgehead atoms. The van der Waals surface area contributed by atoms with E-state index in [0.717, 1.165) is 4.90 Å². The molecule has 0 saturated carbocycles. The molecule has 0 aromatic heterocycles. The van der Waals surface area contributed by atoms with Crippen LogP contribution in [0.15, 0.2) is 23.1 Å². The van der Waals surface area contributed by atoms with Crippen LogP contribution in [-0.4, -0.2) is 42.9 Å². The van der Waals surface area contributed by atoms with Gasteiger partial charge in [0.15, 0.2) is 0 Å². The molecule has 0 spiro atoms. The zero-order chi connectivity index (χ0) is 13.0. The van der Waals surface area contributed by atoms with Gasteiger partial charge in [-0.3, -0.25) is 4.79 Å². The Balaban J connectivity index is 1.90. The fourth-order valence-corrected chi connectivity index (χ4v) is 2.82. The Morgan fingerprint density at radius 1 is 1.44 bits per heavy atom. The van der Waals surface area contributed by atoms with Crippen molar-refractivity contribution >= 4 is 35.0 Å². The molecule has 98 valence electrons. The van der Waals surface area contributed by atoms with Crippen molar-refractivity contribution < 1.29 is 9.53 Å². The summed E-state index contributed by atoms with van der Waals surface area (Å²) in [6, 6.07) is 5.28. The lowest BCUT2D eigenvalue weighted by Crippen LogP contribution is -2.41. The third kappa shape index (κ3) is 3.54. The number of carbonyl (C=O) groups is 1. The number of nitrogen functional groups attached to an aromatic ring is 1.